The van der Waals surface area contributed by atoms with E-state index in [2.05, 4.69) is 4.74 Å². The third-order valence-electron chi connectivity index (χ3n) is 1.39. The monoisotopic (exact) mass is 156 g/mol. The van der Waals surface area contributed by atoms with E-state index in [9.17, 15) is 9.59 Å². The van der Waals surface area contributed by atoms with Gasteiger partial charge in [0.05, 0.1) is 7.11 Å². The number of esters is 1. The van der Waals surface area contributed by atoms with Crippen molar-refractivity contribution < 1.29 is 14.3 Å². The summed E-state index contributed by atoms with van der Waals surface area (Å²) in [5.41, 5.74) is 0.497. The van der Waals surface area contributed by atoms with Crippen LogP contribution in [0.5, 0.6) is 0 Å². The first-order chi connectivity index (χ1) is 5.17. The molecule has 0 rings (SSSR count). The number of hydrogen-bond acceptors (Lipinski definition) is 3. The van der Waals surface area contributed by atoms with Crippen LogP contribution in [-0.4, -0.2) is 18.9 Å². The largest absolute Gasteiger partial charge is 0.463 e. The van der Waals surface area contributed by atoms with Gasteiger partial charge in [0.25, 0.3) is 5.78 Å². The lowest BCUT2D eigenvalue weighted by Gasteiger charge is -1.99. The van der Waals surface area contributed by atoms with E-state index in [1.165, 1.54) is 7.11 Å². The first kappa shape index (κ1) is 9.88. The van der Waals surface area contributed by atoms with Crippen LogP contribution in [-0.2, 0) is 14.3 Å². The Morgan fingerprint density at radius 2 is 2.00 bits per heavy atom. The second-order valence-corrected chi connectivity index (χ2v) is 1.99. The molecular weight excluding hydrogens is 144 g/mol. The minimum absolute atomic E-state index is 0.497. The predicted octanol–water partition coefficient (Wildman–Crippen LogP) is 1.08. The van der Waals surface area contributed by atoms with E-state index in [0.29, 0.717) is 12.0 Å². The number of methoxy groups -OCH3 is 1. The summed E-state index contributed by atoms with van der Waals surface area (Å²) in [7, 11) is 1.20. The Labute approximate surface area is 66.0 Å². The van der Waals surface area contributed by atoms with Crippen LogP contribution >= 0.6 is 0 Å². The number of hydrogen-bond donors (Lipinski definition) is 0. The summed E-state index contributed by atoms with van der Waals surface area (Å²) in [6.45, 7) is 3.54. The summed E-state index contributed by atoms with van der Waals surface area (Å²) in [4.78, 5) is 21.7. The van der Waals surface area contributed by atoms with E-state index < -0.39 is 11.8 Å². The molecule has 11 heavy (non-hydrogen) atoms. The average molecular weight is 156 g/mol. The topological polar surface area (TPSA) is 43.4 Å². The van der Waals surface area contributed by atoms with Gasteiger partial charge in [-0.25, -0.2) is 4.79 Å². The van der Waals surface area contributed by atoms with E-state index in [4.69, 9.17) is 0 Å². The van der Waals surface area contributed by atoms with E-state index in [-0.39, 0.29) is 0 Å². The van der Waals surface area contributed by atoms with Crippen molar-refractivity contribution in [2.45, 2.75) is 20.3 Å². The zero-order valence-electron chi connectivity index (χ0n) is 7.01. The molecule has 0 unspecified atom stereocenters. The highest BCUT2D eigenvalue weighted by atomic mass is 16.5. The van der Waals surface area contributed by atoms with Crippen LogP contribution in [0.2, 0.25) is 0 Å². The number of carbonyl (C=O) groups is 2. The highest BCUT2D eigenvalue weighted by Crippen LogP contribution is 2.02. The molecule has 0 aromatic rings. The number of Topliss-reactive ketones (excluding diaryl/α,β-unsaturated/α-hetero) is 1. The molecule has 0 atom stereocenters. The minimum atomic E-state index is -0.792. The van der Waals surface area contributed by atoms with Gasteiger partial charge in [-0.15, -0.1) is 0 Å². The lowest BCUT2D eigenvalue weighted by Crippen LogP contribution is -2.17. The Kier molecular flexibility index (Phi) is 4.18. The SMILES string of the molecule is CC=C(CC)C(=O)C(=O)OC. The summed E-state index contributed by atoms with van der Waals surface area (Å²) in [6, 6.07) is 0. The Balaban J connectivity index is 4.35. The van der Waals surface area contributed by atoms with Gasteiger partial charge in [-0.2, -0.15) is 0 Å². The molecule has 0 spiro atoms. The third-order valence-corrected chi connectivity index (χ3v) is 1.39. The van der Waals surface area contributed by atoms with E-state index >= 15 is 0 Å². The molecule has 0 aliphatic heterocycles. The van der Waals surface area contributed by atoms with Gasteiger partial charge in [0, 0.05) is 5.57 Å². The summed E-state index contributed by atoms with van der Waals surface area (Å²) < 4.78 is 4.27. The van der Waals surface area contributed by atoms with Crippen molar-refractivity contribution in [3.05, 3.63) is 11.6 Å². The Morgan fingerprint density at radius 3 is 2.27 bits per heavy atom. The predicted molar refractivity (Wildman–Crippen MR) is 41.1 cm³/mol. The van der Waals surface area contributed by atoms with Crippen molar-refractivity contribution in [2.75, 3.05) is 7.11 Å². The van der Waals surface area contributed by atoms with Crippen molar-refractivity contribution in [1.82, 2.24) is 0 Å². The van der Waals surface area contributed by atoms with Gasteiger partial charge < -0.3 is 4.74 Å². The van der Waals surface area contributed by atoms with Gasteiger partial charge in [0.15, 0.2) is 0 Å². The Bertz CT molecular complexity index is 192. The molecule has 0 N–H and O–H groups in total. The fraction of sp³-hybridized carbons (Fsp3) is 0.500. The second kappa shape index (κ2) is 4.66. The second-order valence-electron chi connectivity index (χ2n) is 1.99. The van der Waals surface area contributed by atoms with E-state index in [1.807, 2.05) is 6.92 Å². The van der Waals surface area contributed by atoms with Crippen molar-refractivity contribution in [3.63, 3.8) is 0 Å². The maximum absolute atomic E-state index is 11.0. The van der Waals surface area contributed by atoms with Crippen LogP contribution < -0.4 is 0 Å². The minimum Gasteiger partial charge on any atom is -0.463 e. The van der Waals surface area contributed by atoms with Crippen molar-refractivity contribution >= 4 is 11.8 Å². The lowest BCUT2D eigenvalue weighted by molar-refractivity contribution is -0.149. The van der Waals surface area contributed by atoms with Crippen molar-refractivity contribution in [2.24, 2.45) is 0 Å². The van der Waals surface area contributed by atoms with Gasteiger partial charge in [0.1, 0.15) is 0 Å². The molecule has 0 aliphatic carbocycles. The highest BCUT2D eigenvalue weighted by Gasteiger charge is 2.16. The molecule has 0 bridgehead atoms. The molecule has 0 saturated heterocycles. The maximum atomic E-state index is 11.0. The summed E-state index contributed by atoms with van der Waals surface area (Å²) in [6.07, 6.45) is 2.18. The molecule has 0 fully saturated rings. The normalized spacial score (nSPS) is 11.0. The molecular formula is C8H12O3. The first-order valence-electron chi connectivity index (χ1n) is 3.45. The molecule has 0 aliphatic rings. The van der Waals surface area contributed by atoms with Gasteiger partial charge in [-0.3, -0.25) is 4.79 Å². The standard InChI is InChI=1S/C8H12O3/c1-4-6(5-2)7(9)8(10)11-3/h4H,5H2,1-3H3. The van der Waals surface area contributed by atoms with Crippen LogP contribution in [0.25, 0.3) is 0 Å². The number of ketones is 1. The quantitative estimate of drug-likeness (QED) is 0.349. The zero-order chi connectivity index (χ0) is 8.85. The Morgan fingerprint density at radius 1 is 1.45 bits per heavy atom. The molecule has 0 radical (unpaired) electrons. The van der Waals surface area contributed by atoms with Crippen molar-refractivity contribution in [3.8, 4) is 0 Å². The number of allylic oxidation sites excluding steroid dienone is 1. The van der Waals surface area contributed by atoms with Crippen LogP contribution in [0.4, 0.5) is 0 Å². The van der Waals surface area contributed by atoms with Crippen LogP contribution in [0.15, 0.2) is 11.6 Å². The number of ether oxygens (including phenoxy) is 1. The van der Waals surface area contributed by atoms with Crippen LogP contribution in [0, 0.1) is 0 Å². The fourth-order valence-corrected chi connectivity index (χ4v) is 0.720. The van der Waals surface area contributed by atoms with E-state index in [0.717, 1.165) is 0 Å². The maximum Gasteiger partial charge on any atom is 0.379 e. The van der Waals surface area contributed by atoms with Gasteiger partial charge in [-0.05, 0) is 13.3 Å². The Hall–Kier alpha value is -1.12. The van der Waals surface area contributed by atoms with Crippen molar-refractivity contribution in [1.29, 1.82) is 0 Å². The number of rotatable bonds is 3. The highest BCUT2D eigenvalue weighted by molar-refractivity contribution is 6.40. The molecule has 0 saturated carbocycles. The smallest absolute Gasteiger partial charge is 0.379 e. The van der Waals surface area contributed by atoms with Gasteiger partial charge in [-0.1, -0.05) is 13.0 Å². The molecule has 0 aromatic carbocycles. The first-order valence-corrected chi connectivity index (χ1v) is 3.45. The van der Waals surface area contributed by atoms with Crippen LogP contribution in [0.3, 0.4) is 0 Å². The number of carbonyl (C=O) groups excluding carboxylic acids is 2. The molecule has 0 amide bonds. The van der Waals surface area contributed by atoms with Gasteiger partial charge in [0.2, 0.25) is 0 Å². The van der Waals surface area contributed by atoms with Gasteiger partial charge >= 0.3 is 5.97 Å². The molecule has 0 heterocycles. The fourth-order valence-electron chi connectivity index (χ4n) is 0.720. The van der Waals surface area contributed by atoms with E-state index in [1.54, 1.807) is 13.0 Å². The summed E-state index contributed by atoms with van der Waals surface area (Å²) in [5, 5.41) is 0. The summed E-state index contributed by atoms with van der Waals surface area (Å²) in [5.74, 6) is -1.34. The molecule has 0 aromatic heterocycles. The molecule has 3 heteroatoms. The molecule has 3 nitrogen and oxygen atoms in total. The lowest BCUT2D eigenvalue weighted by atomic mass is 10.1. The third kappa shape index (κ3) is 2.53. The van der Waals surface area contributed by atoms with Crippen LogP contribution in [0.1, 0.15) is 20.3 Å². The average Bonchev–Trinajstić information content (AvgIpc) is 2.05. The molecule has 62 valence electrons. The summed E-state index contributed by atoms with van der Waals surface area (Å²) >= 11 is 0. The zero-order valence-corrected chi connectivity index (χ0v) is 7.01.